The molecule has 0 aliphatic heterocycles. The molecule has 2 atom stereocenters. The van der Waals surface area contributed by atoms with Crippen molar-refractivity contribution in [1.82, 2.24) is 19.5 Å². The van der Waals surface area contributed by atoms with Crippen LogP contribution in [0, 0.1) is 5.92 Å². The summed E-state index contributed by atoms with van der Waals surface area (Å²) < 4.78 is 2.31. The Bertz CT molecular complexity index is 1340. The van der Waals surface area contributed by atoms with Crippen LogP contribution in [0.15, 0.2) is 48.9 Å². The van der Waals surface area contributed by atoms with E-state index in [1.807, 2.05) is 6.07 Å². The van der Waals surface area contributed by atoms with Crippen LogP contribution < -0.4 is 11.1 Å². The Kier molecular flexibility index (Phi) is 6.81. The molecule has 2 fully saturated rings. The number of aryl methyl sites for hydroxylation is 1. The van der Waals surface area contributed by atoms with E-state index in [0.29, 0.717) is 17.9 Å². The fourth-order valence-electron chi connectivity index (χ4n) is 5.05. The molecule has 8 heteroatoms. The van der Waals surface area contributed by atoms with Crippen LogP contribution in [0.3, 0.4) is 0 Å². The Morgan fingerprint density at radius 2 is 1.83 bits per heavy atom. The Morgan fingerprint density at radius 1 is 1.06 bits per heavy atom. The molecule has 8 nitrogen and oxygen atoms in total. The molecule has 0 radical (unpaired) electrons. The maximum atomic E-state index is 8.08. The van der Waals surface area contributed by atoms with E-state index in [2.05, 4.69) is 56.4 Å². The summed E-state index contributed by atoms with van der Waals surface area (Å²) in [4.78, 5) is 13.4. The number of nitrogen functional groups attached to an aromatic ring is 1. The number of nitrogens with two attached hydrogens (primary N) is 1. The van der Waals surface area contributed by atoms with Crippen molar-refractivity contribution in [2.24, 2.45) is 5.92 Å². The molecule has 36 heavy (non-hydrogen) atoms. The molecule has 0 saturated heterocycles. The monoisotopic (exact) mass is 488 g/mol. The first kappa shape index (κ1) is 24.5. The van der Waals surface area contributed by atoms with Crippen LogP contribution >= 0.6 is 0 Å². The number of nitrogens with zero attached hydrogens (tertiary/aromatic N) is 4. The van der Waals surface area contributed by atoms with Gasteiger partial charge in [0, 0.05) is 23.7 Å². The van der Waals surface area contributed by atoms with E-state index < -0.39 is 5.79 Å². The van der Waals surface area contributed by atoms with Gasteiger partial charge in [0.05, 0.1) is 10.9 Å². The Labute approximate surface area is 211 Å². The first-order valence-corrected chi connectivity index (χ1v) is 12.9. The Balaban J connectivity index is 0.000000489. The third-order valence-electron chi connectivity index (χ3n) is 6.97. The van der Waals surface area contributed by atoms with Crippen LogP contribution in [0.2, 0.25) is 0 Å². The number of aliphatic hydroxyl groups is 2. The highest BCUT2D eigenvalue weighted by Crippen LogP contribution is 2.39. The van der Waals surface area contributed by atoms with Gasteiger partial charge < -0.3 is 25.8 Å². The molecule has 5 N–H and O–H groups in total. The minimum absolute atomic E-state index is 0.506. The van der Waals surface area contributed by atoms with Gasteiger partial charge in [-0.05, 0) is 94.5 Å². The number of nitrogens with one attached hydrogen (secondary N) is 1. The lowest BCUT2D eigenvalue weighted by Gasteiger charge is -2.14. The molecule has 0 spiro atoms. The third kappa shape index (κ3) is 6.12. The molecule has 2 unspecified atom stereocenters. The van der Waals surface area contributed by atoms with Gasteiger partial charge >= 0.3 is 0 Å². The van der Waals surface area contributed by atoms with Crippen LogP contribution in [0.25, 0.3) is 21.9 Å². The summed E-state index contributed by atoms with van der Waals surface area (Å²) in [5, 5.41) is 21.8. The zero-order chi connectivity index (χ0) is 25.3. The average Bonchev–Trinajstić information content (AvgIpc) is 3.33. The van der Waals surface area contributed by atoms with Gasteiger partial charge in [0.25, 0.3) is 0 Å². The van der Waals surface area contributed by atoms with Crippen molar-refractivity contribution in [3.63, 3.8) is 0 Å². The SMILES string of the molecule is CC(C)(O)O.Nc1ncnc2c1ccn2C1CCC(CCc2ccc3ccc(NC4CC4)nc3c2)C1. The van der Waals surface area contributed by atoms with Crippen molar-refractivity contribution in [2.45, 2.75) is 76.7 Å². The van der Waals surface area contributed by atoms with Gasteiger partial charge in [-0.3, -0.25) is 0 Å². The average molecular weight is 489 g/mol. The molecule has 4 aromatic rings. The predicted octanol–water partition coefficient (Wildman–Crippen LogP) is 4.82. The van der Waals surface area contributed by atoms with Crippen molar-refractivity contribution in [1.29, 1.82) is 0 Å². The molecular formula is C28H36N6O2. The zero-order valence-electron chi connectivity index (χ0n) is 21.1. The van der Waals surface area contributed by atoms with E-state index in [1.54, 1.807) is 6.33 Å². The summed E-state index contributed by atoms with van der Waals surface area (Å²) in [7, 11) is 0. The number of hydrogen-bond acceptors (Lipinski definition) is 7. The topological polar surface area (TPSA) is 122 Å². The largest absolute Gasteiger partial charge is 0.383 e. The Hall–Kier alpha value is -3.23. The zero-order valence-corrected chi connectivity index (χ0v) is 21.1. The number of benzene rings is 1. The smallest absolute Gasteiger partial charge is 0.156 e. The first-order chi connectivity index (χ1) is 17.2. The van der Waals surface area contributed by atoms with Gasteiger partial charge in [0.1, 0.15) is 23.6 Å². The summed E-state index contributed by atoms with van der Waals surface area (Å²) in [6.45, 7) is 2.60. The minimum Gasteiger partial charge on any atom is -0.383 e. The minimum atomic E-state index is -1.50. The molecule has 0 bridgehead atoms. The van der Waals surface area contributed by atoms with Crippen LogP contribution in [-0.4, -0.2) is 41.6 Å². The van der Waals surface area contributed by atoms with E-state index >= 15 is 0 Å². The molecule has 1 aromatic carbocycles. The molecule has 3 heterocycles. The third-order valence-corrected chi connectivity index (χ3v) is 6.97. The van der Waals surface area contributed by atoms with Crippen LogP contribution in [0.4, 0.5) is 11.6 Å². The summed E-state index contributed by atoms with van der Waals surface area (Å²) in [5.74, 6) is 0.820. The first-order valence-electron chi connectivity index (χ1n) is 12.9. The van der Waals surface area contributed by atoms with E-state index in [1.165, 1.54) is 63.3 Å². The highest BCUT2D eigenvalue weighted by molar-refractivity contribution is 5.86. The normalized spacial score (nSPS) is 19.9. The maximum absolute atomic E-state index is 8.08. The second kappa shape index (κ2) is 10.0. The maximum Gasteiger partial charge on any atom is 0.156 e. The summed E-state index contributed by atoms with van der Waals surface area (Å²) in [6, 6.07) is 14.2. The van der Waals surface area contributed by atoms with Crippen LogP contribution in [0.1, 0.15) is 64.0 Å². The van der Waals surface area contributed by atoms with Crippen molar-refractivity contribution >= 4 is 33.6 Å². The summed E-state index contributed by atoms with van der Waals surface area (Å²) in [6.07, 6.45) is 12.2. The van der Waals surface area contributed by atoms with Gasteiger partial charge in [-0.15, -0.1) is 0 Å². The fourth-order valence-corrected chi connectivity index (χ4v) is 5.05. The predicted molar refractivity (Wildman–Crippen MR) is 144 cm³/mol. The quantitative estimate of drug-likeness (QED) is 0.287. The van der Waals surface area contributed by atoms with Crippen molar-refractivity contribution in [3.05, 3.63) is 54.5 Å². The van der Waals surface area contributed by atoms with Crippen LogP contribution in [-0.2, 0) is 6.42 Å². The van der Waals surface area contributed by atoms with Gasteiger partial charge in [0.15, 0.2) is 5.79 Å². The number of rotatable bonds is 6. The summed E-state index contributed by atoms with van der Waals surface area (Å²) in [5.41, 5.74) is 9.46. The second-order valence-corrected chi connectivity index (χ2v) is 10.7. The molecule has 3 aromatic heterocycles. The lowest BCUT2D eigenvalue weighted by molar-refractivity contribution is -0.127. The van der Waals surface area contributed by atoms with E-state index in [-0.39, 0.29) is 0 Å². The number of anilines is 2. The van der Waals surface area contributed by atoms with Gasteiger partial charge in [-0.2, -0.15) is 0 Å². The lowest BCUT2D eigenvalue weighted by Crippen LogP contribution is -2.15. The number of fused-ring (bicyclic) bond motifs is 2. The Morgan fingerprint density at radius 3 is 2.61 bits per heavy atom. The van der Waals surface area contributed by atoms with Gasteiger partial charge in [-0.25, -0.2) is 15.0 Å². The summed E-state index contributed by atoms with van der Waals surface area (Å²) >= 11 is 0. The second-order valence-electron chi connectivity index (χ2n) is 10.7. The van der Waals surface area contributed by atoms with Gasteiger partial charge in [-0.1, -0.05) is 12.1 Å². The molecule has 6 rings (SSSR count). The van der Waals surface area contributed by atoms with Crippen molar-refractivity contribution < 1.29 is 10.2 Å². The van der Waals surface area contributed by atoms with E-state index in [4.69, 9.17) is 20.9 Å². The molecule has 2 aliphatic rings. The lowest BCUT2D eigenvalue weighted by atomic mass is 9.97. The van der Waals surface area contributed by atoms with Crippen LogP contribution in [0.5, 0.6) is 0 Å². The molecule has 2 saturated carbocycles. The molecule has 0 amide bonds. The molecule has 190 valence electrons. The van der Waals surface area contributed by atoms with E-state index in [0.717, 1.165) is 34.7 Å². The number of hydrogen-bond donors (Lipinski definition) is 4. The highest BCUT2D eigenvalue weighted by Gasteiger charge is 2.27. The van der Waals surface area contributed by atoms with Crippen molar-refractivity contribution in [2.75, 3.05) is 11.1 Å². The van der Waals surface area contributed by atoms with E-state index in [9.17, 15) is 0 Å². The highest BCUT2D eigenvalue weighted by atomic mass is 16.5. The number of aromatic nitrogens is 4. The fraction of sp³-hybridized carbons (Fsp3) is 0.464. The number of pyridine rings is 1. The van der Waals surface area contributed by atoms with Gasteiger partial charge in [0.2, 0.25) is 0 Å². The molecule has 2 aliphatic carbocycles. The van der Waals surface area contributed by atoms with Crippen molar-refractivity contribution in [3.8, 4) is 0 Å². The standard InChI is InChI=1S/C25H28N6.C3H8O2/c26-24-21-11-12-31(25(21)28-15-27-24)20-9-4-16(13-20)1-2-17-3-5-18-6-10-23(29-19-7-8-19)30-22(18)14-17;1-3(2,4)5/h3,5-6,10-12,14-16,19-20H,1-2,4,7-9,13H2,(H,29,30)(H2,26,27,28);4-5H,1-2H3. The molecular weight excluding hydrogens is 452 g/mol.